The standard InChI is InChI=1S/C31H36ClFN8O5S/c1-30(42)15-40(10-12-45-16-30)28-22-25-26(38(2)27(22)35-29(36-28)47(4,43)44)24(37-39(25)3)21-17-14-34-41(20-7-5-6-11-46-20)19(17)13-18(32)23(21)31(33)8-9-31/h13-14,20,42H,5-12,15-16H2,1-4H3/t20?,30-/m0/s1. The van der Waals surface area contributed by atoms with Gasteiger partial charge in [-0.1, -0.05) is 11.6 Å². The summed E-state index contributed by atoms with van der Waals surface area (Å²) in [6.45, 7) is 3.23. The number of rotatable bonds is 5. The summed E-state index contributed by atoms with van der Waals surface area (Å²) in [5, 5.41) is 21.9. The molecule has 6 heterocycles. The lowest BCUT2D eigenvalue weighted by Gasteiger charge is -2.28. The molecule has 1 aliphatic carbocycles. The molecule has 2 aliphatic heterocycles. The highest BCUT2D eigenvalue weighted by Gasteiger charge is 2.49. The van der Waals surface area contributed by atoms with Crippen molar-refractivity contribution in [1.82, 2.24) is 34.1 Å². The van der Waals surface area contributed by atoms with Crippen LogP contribution in [0.3, 0.4) is 0 Å². The zero-order valence-electron chi connectivity index (χ0n) is 26.6. The number of hydrogen-bond acceptors (Lipinski definition) is 10. The van der Waals surface area contributed by atoms with Gasteiger partial charge in [0, 0.05) is 55.0 Å². The van der Waals surface area contributed by atoms with Gasteiger partial charge in [0.2, 0.25) is 9.84 Å². The number of hydrogen-bond donors (Lipinski definition) is 1. The molecule has 0 bridgehead atoms. The van der Waals surface area contributed by atoms with Crippen LogP contribution in [-0.2, 0) is 39.1 Å². The van der Waals surface area contributed by atoms with Gasteiger partial charge in [0.1, 0.15) is 28.4 Å². The molecular weight excluding hydrogens is 651 g/mol. The maximum atomic E-state index is 16.3. The summed E-state index contributed by atoms with van der Waals surface area (Å²) in [5.74, 6) is 0.337. The molecule has 0 amide bonds. The van der Waals surface area contributed by atoms with Crippen molar-refractivity contribution < 1.29 is 27.4 Å². The predicted molar refractivity (Wildman–Crippen MR) is 174 cm³/mol. The summed E-state index contributed by atoms with van der Waals surface area (Å²) < 4.78 is 59.1. The number of ether oxygens (including phenoxy) is 2. The number of aryl methyl sites for hydroxylation is 2. The molecule has 16 heteroatoms. The van der Waals surface area contributed by atoms with Crippen molar-refractivity contribution in [2.24, 2.45) is 14.1 Å². The highest BCUT2D eigenvalue weighted by Crippen LogP contribution is 2.57. The summed E-state index contributed by atoms with van der Waals surface area (Å²) in [5.41, 5.74) is 0.848. The van der Waals surface area contributed by atoms with Gasteiger partial charge in [-0.05, 0) is 45.1 Å². The van der Waals surface area contributed by atoms with E-state index in [4.69, 9.17) is 31.3 Å². The normalized spacial score (nSPS) is 23.6. The molecule has 47 heavy (non-hydrogen) atoms. The van der Waals surface area contributed by atoms with Crippen LogP contribution in [0.15, 0.2) is 17.4 Å². The Kier molecular flexibility index (Phi) is 6.95. The van der Waals surface area contributed by atoms with Crippen LogP contribution in [-0.4, -0.2) is 92.4 Å². The fourth-order valence-corrected chi connectivity index (χ4v) is 8.05. The van der Waals surface area contributed by atoms with Gasteiger partial charge in [-0.2, -0.15) is 15.2 Å². The largest absolute Gasteiger partial charge is 0.386 e. The quantitative estimate of drug-likeness (QED) is 0.268. The van der Waals surface area contributed by atoms with Gasteiger partial charge in [-0.25, -0.2) is 22.5 Å². The number of anilines is 1. The first-order valence-electron chi connectivity index (χ1n) is 15.8. The molecule has 4 aromatic heterocycles. The smallest absolute Gasteiger partial charge is 0.250 e. The monoisotopic (exact) mass is 686 g/mol. The molecular formula is C31H36ClFN8O5S. The molecule has 250 valence electrons. The zero-order valence-corrected chi connectivity index (χ0v) is 28.2. The number of nitrogens with zero attached hydrogens (tertiary/aromatic N) is 8. The maximum absolute atomic E-state index is 16.3. The van der Waals surface area contributed by atoms with E-state index in [1.165, 1.54) is 0 Å². The molecule has 1 aromatic carbocycles. The number of β-amino-alcohol motifs (C(OH)–C–C–N with tert-alkyl or cyclic N) is 1. The minimum atomic E-state index is -3.83. The lowest BCUT2D eigenvalue weighted by molar-refractivity contribution is -0.0366. The minimum Gasteiger partial charge on any atom is -0.386 e. The molecule has 0 radical (unpaired) electrons. The fourth-order valence-electron chi connectivity index (χ4n) is 7.18. The van der Waals surface area contributed by atoms with E-state index in [2.05, 4.69) is 9.97 Å². The van der Waals surface area contributed by atoms with Crippen LogP contribution >= 0.6 is 11.6 Å². The molecule has 5 aromatic rings. The first kappa shape index (κ1) is 30.9. The Hall–Kier alpha value is -3.37. The fraction of sp³-hybridized carbons (Fsp3) is 0.548. The molecule has 2 saturated heterocycles. The Morgan fingerprint density at radius 3 is 2.64 bits per heavy atom. The highest BCUT2D eigenvalue weighted by atomic mass is 35.5. The van der Waals surface area contributed by atoms with Crippen LogP contribution in [0.2, 0.25) is 5.02 Å². The van der Waals surface area contributed by atoms with Gasteiger partial charge < -0.3 is 24.0 Å². The summed E-state index contributed by atoms with van der Waals surface area (Å²) in [6.07, 6.45) is 5.98. The van der Waals surface area contributed by atoms with Gasteiger partial charge in [0.05, 0.1) is 47.9 Å². The zero-order chi connectivity index (χ0) is 33.0. The summed E-state index contributed by atoms with van der Waals surface area (Å²) in [4.78, 5) is 10.9. The number of benzene rings is 1. The molecule has 13 nitrogen and oxygen atoms in total. The van der Waals surface area contributed by atoms with Crippen LogP contribution in [0.1, 0.15) is 50.8 Å². The molecule has 1 unspecified atom stereocenters. The number of sulfone groups is 1. The van der Waals surface area contributed by atoms with E-state index in [9.17, 15) is 13.5 Å². The van der Waals surface area contributed by atoms with Crippen molar-refractivity contribution >= 4 is 60.2 Å². The highest BCUT2D eigenvalue weighted by molar-refractivity contribution is 7.90. The van der Waals surface area contributed by atoms with Crippen LogP contribution < -0.4 is 4.90 Å². The number of aromatic nitrogens is 7. The number of halogens is 2. The van der Waals surface area contributed by atoms with Crippen LogP contribution in [0, 0.1) is 0 Å². The van der Waals surface area contributed by atoms with E-state index >= 15 is 4.39 Å². The summed E-state index contributed by atoms with van der Waals surface area (Å²) >= 11 is 6.97. The van der Waals surface area contributed by atoms with Crippen molar-refractivity contribution in [2.45, 2.75) is 61.7 Å². The van der Waals surface area contributed by atoms with Gasteiger partial charge in [0.15, 0.2) is 6.23 Å². The number of aliphatic hydroxyl groups is 1. The van der Waals surface area contributed by atoms with Gasteiger partial charge >= 0.3 is 0 Å². The molecule has 2 atom stereocenters. The summed E-state index contributed by atoms with van der Waals surface area (Å²) in [6, 6.07) is 1.78. The van der Waals surface area contributed by atoms with Crippen molar-refractivity contribution in [3.63, 3.8) is 0 Å². The molecule has 1 saturated carbocycles. The Labute approximate surface area is 275 Å². The van der Waals surface area contributed by atoms with E-state index in [-0.39, 0.29) is 29.6 Å². The van der Waals surface area contributed by atoms with E-state index in [0.717, 1.165) is 25.5 Å². The van der Waals surface area contributed by atoms with E-state index in [1.807, 2.05) is 9.58 Å². The first-order chi connectivity index (χ1) is 22.3. The predicted octanol–water partition coefficient (Wildman–Crippen LogP) is 4.17. The maximum Gasteiger partial charge on any atom is 0.250 e. The Balaban J connectivity index is 1.45. The minimum absolute atomic E-state index is 0.120. The molecule has 3 aliphatic rings. The average molecular weight is 687 g/mol. The third kappa shape index (κ3) is 4.92. The van der Waals surface area contributed by atoms with Crippen LogP contribution in [0.25, 0.3) is 44.2 Å². The number of alkyl halides is 1. The van der Waals surface area contributed by atoms with Crippen LogP contribution in [0.5, 0.6) is 0 Å². The lowest BCUT2D eigenvalue weighted by atomic mass is 9.95. The first-order valence-corrected chi connectivity index (χ1v) is 18.0. The van der Waals surface area contributed by atoms with E-state index in [0.29, 0.717) is 88.2 Å². The van der Waals surface area contributed by atoms with Gasteiger partial charge in [0.25, 0.3) is 5.16 Å². The average Bonchev–Trinajstić information content (AvgIpc) is 3.39. The van der Waals surface area contributed by atoms with Crippen molar-refractivity contribution in [1.29, 1.82) is 0 Å². The lowest BCUT2D eigenvalue weighted by Crippen LogP contribution is -2.42. The van der Waals surface area contributed by atoms with E-state index < -0.39 is 21.1 Å². The third-order valence-corrected chi connectivity index (χ3v) is 10.6. The second-order valence-corrected chi connectivity index (χ2v) is 15.7. The van der Waals surface area contributed by atoms with Crippen molar-refractivity contribution in [3.8, 4) is 11.3 Å². The second kappa shape index (κ2) is 10.6. The number of fused-ring (bicyclic) bond motifs is 4. The van der Waals surface area contributed by atoms with Crippen molar-refractivity contribution in [2.75, 3.05) is 44.1 Å². The third-order valence-electron chi connectivity index (χ3n) is 9.50. The molecule has 3 fully saturated rings. The molecule has 1 N–H and O–H groups in total. The topological polar surface area (TPSA) is 142 Å². The molecule has 8 rings (SSSR count). The van der Waals surface area contributed by atoms with Gasteiger partial charge in [-0.15, -0.1) is 0 Å². The Morgan fingerprint density at radius 2 is 1.94 bits per heavy atom. The second-order valence-electron chi connectivity index (χ2n) is 13.4. The Morgan fingerprint density at radius 1 is 1.15 bits per heavy atom. The van der Waals surface area contributed by atoms with Gasteiger partial charge in [-0.3, -0.25) is 4.68 Å². The van der Waals surface area contributed by atoms with E-state index in [1.54, 1.807) is 42.5 Å². The van der Waals surface area contributed by atoms with Crippen LogP contribution in [0.4, 0.5) is 10.2 Å². The Bertz CT molecular complexity index is 2200. The summed E-state index contributed by atoms with van der Waals surface area (Å²) in [7, 11) is -0.268. The molecule has 0 spiro atoms. The SMILES string of the molecule is Cn1nc(-c2c(C3(F)CC3)c(Cl)cc3c2cnn3C2CCCCO2)c2c1c1c(N3CCOC[C@@](C)(O)C3)nc(S(C)(=O)=O)nc1n2C. The van der Waals surface area contributed by atoms with Crippen molar-refractivity contribution in [3.05, 3.63) is 22.8 Å².